The summed E-state index contributed by atoms with van der Waals surface area (Å²) in [5.74, 6) is 0.871. The van der Waals surface area contributed by atoms with E-state index in [1.807, 2.05) is 0 Å². The van der Waals surface area contributed by atoms with Gasteiger partial charge in [0.25, 0.3) is 0 Å². The number of aromatic nitrogens is 1. The van der Waals surface area contributed by atoms with Crippen LogP contribution in [0.4, 0.5) is 0 Å². The highest BCUT2D eigenvalue weighted by Crippen LogP contribution is 2.44. The Morgan fingerprint density at radius 1 is 0.436 bits per heavy atom. The Labute approximate surface area is 319 Å². The molecule has 0 spiro atoms. The largest absolute Gasteiger partial charge is 0.350 e. The van der Waals surface area contributed by atoms with E-state index >= 15 is 0 Å². The summed E-state index contributed by atoms with van der Waals surface area (Å²) in [6.45, 7) is 0. The van der Waals surface area contributed by atoms with Gasteiger partial charge in [0.1, 0.15) is 18.2 Å². The molecule has 0 amide bonds. The summed E-state index contributed by atoms with van der Waals surface area (Å²) >= 11 is 0. The summed E-state index contributed by atoms with van der Waals surface area (Å²) in [5, 5.41) is 17.6. The van der Waals surface area contributed by atoms with Gasteiger partial charge in [-0.05, 0) is 73.3 Å². The quantitative estimate of drug-likeness (QED) is 0.175. The van der Waals surface area contributed by atoms with Crippen LogP contribution in [0.3, 0.4) is 0 Å². The van der Waals surface area contributed by atoms with Crippen LogP contribution in [0.5, 0.6) is 0 Å². The van der Waals surface area contributed by atoms with Gasteiger partial charge < -0.3 is 9.88 Å². The van der Waals surface area contributed by atoms with Crippen molar-refractivity contribution in [1.82, 2.24) is 15.2 Å². The Kier molecular flexibility index (Phi) is 7.35. The zero-order valence-corrected chi connectivity index (χ0v) is 30.0. The van der Waals surface area contributed by atoms with Gasteiger partial charge in [-0.25, -0.2) is 4.99 Å². The van der Waals surface area contributed by atoms with Gasteiger partial charge in [0.2, 0.25) is 0 Å². The van der Waals surface area contributed by atoms with Crippen LogP contribution in [0.25, 0.3) is 70.9 Å². The van der Waals surface area contributed by atoms with Crippen LogP contribution in [-0.2, 0) is 0 Å². The van der Waals surface area contributed by atoms with Crippen molar-refractivity contribution in [2.24, 2.45) is 4.99 Å². The third kappa shape index (κ3) is 5.14. The first-order chi connectivity index (χ1) is 27.3. The zero-order chi connectivity index (χ0) is 36.3. The zero-order valence-electron chi connectivity index (χ0n) is 30.0. The Hall–Kier alpha value is -7.01. The average molecular weight is 705 g/mol. The lowest BCUT2D eigenvalue weighted by molar-refractivity contribution is 0.411. The first-order valence-electron chi connectivity index (χ1n) is 19.0. The maximum absolute atomic E-state index is 5.48. The average Bonchev–Trinajstić information content (AvgIpc) is 3.61. The Morgan fingerprint density at radius 2 is 1.04 bits per heavy atom. The molecule has 11 rings (SSSR count). The molecule has 1 aliphatic rings. The van der Waals surface area contributed by atoms with Gasteiger partial charge in [-0.2, -0.15) is 0 Å². The van der Waals surface area contributed by atoms with Gasteiger partial charge in [0.15, 0.2) is 0 Å². The predicted molar refractivity (Wildman–Crippen MR) is 230 cm³/mol. The lowest BCUT2D eigenvalue weighted by Gasteiger charge is -2.34. The van der Waals surface area contributed by atoms with Gasteiger partial charge in [0.05, 0.1) is 11.0 Å². The van der Waals surface area contributed by atoms with Gasteiger partial charge >= 0.3 is 0 Å². The minimum absolute atomic E-state index is 0.147. The van der Waals surface area contributed by atoms with Crippen LogP contribution in [-0.4, -0.2) is 10.4 Å². The second-order valence-electron chi connectivity index (χ2n) is 14.4. The lowest BCUT2D eigenvalue weighted by Crippen LogP contribution is -2.45. The molecule has 2 atom stereocenters. The Balaban J connectivity index is 1.14. The summed E-state index contributed by atoms with van der Waals surface area (Å²) in [5.41, 5.74) is 9.27. The molecule has 9 aromatic carbocycles. The van der Waals surface area contributed by atoms with Gasteiger partial charge in [-0.15, -0.1) is 0 Å². The molecule has 4 heteroatoms. The monoisotopic (exact) mass is 704 g/mol. The molecule has 2 unspecified atom stereocenters. The van der Waals surface area contributed by atoms with Crippen molar-refractivity contribution in [3.8, 4) is 16.8 Å². The molecule has 1 aliphatic heterocycles. The van der Waals surface area contributed by atoms with E-state index < -0.39 is 0 Å². The minimum Gasteiger partial charge on any atom is -0.350 e. The molecule has 0 bridgehead atoms. The number of hydrogen-bond acceptors (Lipinski definition) is 3. The number of para-hydroxylation sites is 1. The van der Waals surface area contributed by atoms with Crippen molar-refractivity contribution in [3.63, 3.8) is 0 Å². The highest BCUT2D eigenvalue weighted by atomic mass is 15.3. The fourth-order valence-electron chi connectivity index (χ4n) is 8.82. The molecule has 0 saturated heterocycles. The van der Waals surface area contributed by atoms with Gasteiger partial charge in [-0.3, -0.25) is 5.32 Å². The van der Waals surface area contributed by atoms with Crippen LogP contribution in [0.15, 0.2) is 199 Å². The number of rotatable bonds is 5. The molecule has 55 heavy (non-hydrogen) atoms. The highest BCUT2D eigenvalue weighted by molar-refractivity contribution is 6.21. The van der Waals surface area contributed by atoms with Crippen LogP contribution in [0.2, 0.25) is 0 Å². The van der Waals surface area contributed by atoms with E-state index in [0.717, 1.165) is 28.2 Å². The van der Waals surface area contributed by atoms with E-state index in [0.29, 0.717) is 0 Å². The standard InChI is InChI=1S/C51H36N4/c1-3-16-35(17-4-1)49-52-50(36-18-5-2-6-19-36)54-51(53-49)48-42-24-12-10-22-40(42)39-21-9-11-23-41(39)46(48)34-27-30-37(31-28-34)55-44-26-14-13-25-43(44)47-38-20-8-7-15-33(38)29-32-45(47)55/h1-32,49,51,53H,(H,52,54). The third-order valence-corrected chi connectivity index (χ3v) is 11.3. The van der Waals surface area contributed by atoms with Crippen molar-refractivity contribution in [3.05, 3.63) is 211 Å². The fourth-order valence-corrected chi connectivity index (χ4v) is 8.82. The number of benzene rings is 9. The van der Waals surface area contributed by atoms with Gasteiger partial charge in [-0.1, -0.05) is 170 Å². The molecular formula is C51H36N4. The van der Waals surface area contributed by atoms with Gasteiger partial charge in [0, 0.05) is 27.6 Å². The maximum atomic E-state index is 5.48. The SMILES string of the molecule is c1ccc(C2=NC(c3c(-c4ccc(-n5c6ccccc6c6c7ccccc7ccc65)cc4)c4ccccc4c4ccccc34)NC(c3ccccc3)N2)cc1. The normalized spacial score (nSPS) is 15.8. The predicted octanol–water partition coefficient (Wildman–Crippen LogP) is 12.2. The third-order valence-electron chi connectivity index (χ3n) is 11.3. The molecule has 4 nitrogen and oxygen atoms in total. The van der Waals surface area contributed by atoms with Crippen molar-refractivity contribution in [1.29, 1.82) is 0 Å². The van der Waals surface area contributed by atoms with E-state index in [1.54, 1.807) is 0 Å². The van der Waals surface area contributed by atoms with Crippen molar-refractivity contribution in [2.45, 2.75) is 12.3 Å². The number of hydrogen-bond donors (Lipinski definition) is 2. The second kappa shape index (κ2) is 12.8. The van der Waals surface area contributed by atoms with Crippen molar-refractivity contribution >= 4 is 60.0 Å². The number of aliphatic imine (C=N–C) groups is 1. The minimum atomic E-state index is -0.337. The number of amidine groups is 1. The molecule has 2 N–H and O–H groups in total. The number of nitrogens with one attached hydrogen (secondary N) is 2. The van der Waals surface area contributed by atoms with E-state index in [2.05, 4.69) is 209 Å². The first kappa shape index (κ1) is 31.5. The molecule has 0 saturated carbocycles. The molecule has 0 fully saturated rings. The van der Waals surface area contributed by atoms with Crippen molar-refractivity contribution < 1.29 is 0 Å². The number of nitrogens with zero attached hydrogens (tertiary/aromatic N) is 2. The molecular weight excluding hydrogens is 669 g/mol. The molecule has 0 radical (unpaired) electrons. The van der Waals surface area contributed by atoms with E-state index in [1.165, 1.54) is 65.3 Å². The smallest absolute Gasteiger partial charge is 0.131 e. The summed E-state index contributed by atoms with van der Waals surface area (Å²) in [7, 11) is 0. The second-order valence-corrected chi connectivity index (χ2v) is 14.4. The van der Waals surface area contributed by atoms with Crippen LogP contribution < -0.4 is 10.6 Å². The lowest BCUT2D eigenvalue weighted by atomic mass is 9.86. The Morgan fingerprint density at radius 3 is 1.80 bits per heavy atom. The maximum Gasteiger partial charge on any atom is 0.131 e. The molecule has 260 valence electrons. The van der Waals surface area contributed by atoms with Crippen LogP contribution >= 0.6 is 0 Å². The fraction of sp³-hybridized carbons (Fsp3) is 0.0392. The summed E-state index contributed by atoms with van der Waals surface area (Å²) in [6, 6.07) is 69.8. The molecule has 10 aromatic rings. The van der Waals surface area contributed by atoms with E-state index in [4.69, 9.17) is 4.99 Å². The van der Waals surface area contributed by atoms with E-state index in [9.17, 15) is 0 Å². The molecule has 1 aromatic heterocycles. The summed E-state index contributed by atoms with van der Waals surface area (Å²) in [4.78, 5) is 5.48. The highest BCUT2D eigenvalue weighted by Gasteiger charge is 2.30. The van der Waals surface area contributed by atoms with Crippen LogP contribution in [0, 0.1) is 0 Å². The first-order valence-corrected chi connectivity index (χ1v) is 19.0. The van der Waals surface area contributed by atoms with Crippen molar-refractivity contribution in [2.75, 3.05) is 0 Å². The molecule has 2 heterocycles. The van der Waals surface area contributed by atoms with Crippen LogP contribution in [0.1, 0.15) is 29.0 Å². The van der Waals surface area contributed by atoms with E-state index in [-0.39, 0.29) is 12.3 Å². The topological polar surface area (TPSA) is 41.4 Å². The molecule has 0 aliphatic carbocycles. The summed E-state index contributed by atoms with van der Waals surface area (Å²) in [6.07, 6.45) is -0.484. The number of fused-ring (bicyclic) bond motifs is 8. The Bertz CT molecular complexity index is 3090. The summed E-state index contributed by atoms with van der Waals surface area (Å²) < 4.78 is 2.41.